The van der Waals surface area contributed by atoms with E-state index in [1.54, 1.807) is 6.07 Å². The van der Waals surface area contributed by atoms with Crippen LogP contribution in [0.2, 0.25) is 0 Å². The molecule has 0 aliphatic heterocycles. The minimum atomic E-state index is -2.89. The lowest BCUT2D eigenvalue weighted by atomic mass is 10.2. The summed E-state index contributed by atoms with van der Waals surface area (Å²) >= 11 is 0. The summed E-state index contributed by atoms with van der Waals surface area (Å²) in [6.07, 6.45) is 1.36. The van der Waals surface area contributed by atoms with Gasteiger partial charge >= 0.3 is 6.61 Å². The van der Waals surface area contributed by atoms with Gasteiger partial charge in [-0.15, -0.1) is 0 Å². The third-order valence-electron chi connectivity index (χ3n) is 2.16. The van der Waals surface area contributed by atoms with Crippen LogP contribution in [0.1, 0.15) is 5.56 Å². The number of halogens is 2. The molecule has 5 heteroatoms. The van der Waals surface area contributed by atoms with Crippen LogP contribution in [-0.4, -0.2) is 11.6 Å². The van der Waals surface area contributed by atoms with Gasteiger partial charge in [-0.3, -0.25) is 0 Å². The van der Waals surface area contributed by atoms with E-state index in [1.165, 1.54) is 12.3 Å². The van der Waals surface area contributed by atoms with Gasteiger partial charge < -0.3 is 9.47 Å². The van der Waals surface area contributed by atoms with Crippen LogP contribution in [0, 0.1) is 0 Å². The molecule has 0 bridgehead atoms. The van der Waals surface area contributed by atoms with Gasteiger partial charge in [0, 0.05) is 12.3 Å². The molecule has 0 N–H and O–H groups in total. The largest absolute Gasteiger partial charge is 0.489 e. The molecule has 0 aliphatic carbocycles. The van der Waals surface area contributed by atoms with Crippen LogP contribution in [0.5, 0.6) is 11.6 Å². The van der Waals surface area contributed by atoms with Crippen LogP contribution in [0.25, 0.3) is 0 Å². The highest BCUT2D eigenvalue weighted by Gasteiger charge is 2.06. The maximum absolute atomic E-state index is 12.0. The van der Waals surface area contributed by atoms with Gasteiger partial charge in [0.05, 0.1) is 0 Å². The fraction of sp³-hybridized carbons (Fsp3) is 0.154. The van der Waals surface area contributed by atoms with Crippen molar-refractivity contribution >= 4 is 0 Å². The van der Waals surface area contributed by atoms with Crippen LogP contribution in [0.4, 0.5) is 8.78 Å². The molecule has 0 atom stereocenters. The second kappa shape index (κ2) is 5.95. The van der Waals surface area contributed by atoms with E-state index >= 15 is 0 Å². The minimum absolute atomic E-state index is 0.157. The Morgan fingerprint density at radius 1 is 1.11 bits per heavy atom. The quantitative estimate of drug-likeness (QED) is 0.817. The van der Waals surface area contributed by atoms with Gasteiger partial charge in [0.2, 0.25) is 5.88 Å². The van der Waals surface area contributed by atoms with Crippen LogP contribution < -0.4 is 9.47 Å². The summed E-state index contributed by atoms with van der Waals surface area (Å²) in [6, 6.07) is 12.4. The van der Waals surface area contributed by atoms with Gasteiger partial charge in [-0.2, -0.15) is 8.78 Å². The number of hydrogen-bond acceptors (Lipinski definition) is 3. The number of aromatic nitrogens is 1. The first-order chi connectivity index (χ1) is 8.74. The van der Waals surface area contributed by atoms with Gasteiger partial charge in [-0.25, -0.2) is 4.98 Å². The second-order valence-corrected chi connectivity index (χ2v) is 3.48. The zero-order chi connectivity index (χ0) is 12.8. The average molecular weight is 251 g/mol. The van der Waals surface area contributed by atoms with Crippen LogP contribution in [0.15, 0.2) is 48.7 Å². The van der Waals surface area contributed by atoms with Gasteiger partial charge in [-0.05, 0) is 11.6 Å². The molecule has 3 nitrogen and oxygen atoms in total. The van der Waals surface area contributed by atoms with Crippen molar-refractivity contribution in [1.82, 2.24) is 4.98 Å². The van der Waals surface area contributed by atoms with Crippen molar-refractivity contribution in [2.45, 2.75) is 13.2 Å². The average Bonchev–Trinajstić information content (AvgIpc) is 2.37. The SMILES string of the molecule is FC(F)Oc1cc(OCc2ccccc2)ccn1. The van der Waals surface area contributed by atoms with Crippen molar-refractivity contribution in [1.29, 1.82) is 0 Å². The normalized spacial score (nSPS) is 10.4. The number of benzene rings is 1. The van der Waals surface area contributed by atoms with Gasteiger partial charge in [0.1, 0.15) is 12.4 Å². The third kappa shape index (κ3) is 3.69. The number of rotatable bonds is 5. The summed E-state index contributed by atoms with van der Waals surface area (Å²) in [5.74, 6) is 0.278. The van der Waals surface area contributed by atoms with Crippen molar-refractivity contribution in [3.63, 3.8) is 0 Å². The Balaban J connectivity index is 1.97. The van der Waals surface area contributed by atoms with E-state index in [-0.39, 0.29) is 5.88 Å². The lowest BCUT2D eigenvalue weighted by Crippen LogP contribution is -2.03. The Kier molecular flexibility index (Phi) is 4.06. The topological polar surface area (TPSA) is 31.4 Å². The van der Waals surface area contributed by atoms with Crippen LogP contribution in [0.3, 0.4) is 0 Å². The summed E-state index contributed by atoms with van der Waals surface area (Å²) < 4.78 is 33.6. The van der Waals surface area contributed by atoms with Crippen molar-refractivity contribution < 1.29 is 18.3 Å². The first-order valence-electron chi connectivity index (χ1n) is 5.31. The van der Waals surface area contributed by atoms with E-state index in [9.17, 15) is 8.78 Å². The summed E-state index contributed by atoms with van der Waals surface area (Å²) in [5.41, 5.74) is 0.991. The minimum Gasteiger partial charge on any atom is -0.489 e. The number of pyridine rings is 1. The molecule has 94 valence electrons. The van der Waals surface area contributed by atoms with E-state index in [4.69, 9.17) is 4.74 Å². The van der Waals surface area contributed by atoms with Crippen LogP contribution in [-0.2, 0) is 6.61 Å². The molecule has 0 fully saturated rings. The second-order valence-electron chi connectivity index (χ2n) is 3.48. The molecule has 0 radical (unpaired) electrons. The molecule has 1 aromatic heterocycles. The molecular formula is C13H11F2NO2. The van der Waals surface area contributed by atoms with Gasteiger partial charge in [0.15, 0.2) is 0 Å². The fourth-order valence-corrected chi connectivity index (χ4v) is 1.38. The van der Waals surface area contributed by atoms with Crippen molar-refractivity contribution in [2.24, 2.45) is 0 Å². The third-order valence-corrected chi connectivity index (χ3v) is 2.16. The highest BCUT2D eigenvalue weighted by Crippen LogP contribution is 2.19. The molecule has 0 unspecified atom stereocenters. The van der Waals surface area contributed by atoms with E-state index in [0.29, 0.717) is 12.4 Å². The maximum Gasteiger partial charge on any atom is 0.388 e. The molecule has 0 saturated heterocycles. The molecule has 0 spiro atoms. The molecule has 0 aliphatic rings. The molecule has 0 amide bonds. The Morgan fingerprint density at radius 2 is 1.89 bits per heavy atom. The van der Waals surface area contributed by atoms with Crippen molar-refractivity contribution in [2.75, 3.05) is 0 Å². The number of ether oxygens (including phenoxy) is 2. The van der Waals surface area contributed by atoms with E-state index in [1.807, 2.05) is 30.3 Å². The van der Waals surface area contributed by atoms with Crippen LogP contribution >= 0.6 is 0 Å². The van der Waals surface area contributed by atoms with Gasteiger partial charge in [-0.1, -0.05) is 30.3 Å². The maximum atomic E-state index is 12.0. The molecular weight excluding hydrogens is 240 g/mol. The number of hydrogen-bond donors (Lipinski definition) is 0. The monoisotopic (exact) mass is 251 g/mol. The Hall–Kier alpha value is -2.17. The zero-order valence-corrected chi connectivity index (χ0v) is 9.42. The summed E-state index contributed by atoms with van der Waals surface area (Å²) in [6.45, 7) is -2.53. The fourth-order valence-electron chi connectivity index (χ4n) is 1.38. The zero-order valence-electron chi connectivity index (χ0n) is 9.42. The molecule has 0 saturated carbocycles. The van der Waals surface area contributed by atoms with Crippen molar-refractivity contribution in [3.05, 3.63) is 54.2 Å². The molecule has 2 aromatic rings. The molecule has 1 aromatic carbocycles. The molecule has 18 heavy (non-hydrogen) atoms. The first-order valence-corrected chi connectivity index (χ1v) is 5.31. The van der Waals surface area contributed by atoms with E-state index in [0.717, 1.165) is 5.56 Å². The predicted octanol–water partition coefficient (Wildman–Crippen LogP) is 3.26. The lowest BCUT2D eigenvalue weighted by Gasteiger charge is -2.08. The smallest absolute Gasteiger partial charge is 0.388 e. The predicted molar refractivity (Wildman–Crippen MR) is 61.6 cm³/mol. The number of alkyl halides is 2. The summed E-state index contributed by atoms with van der Waals surface area (Å²) in [5, 5.41) is 0. The Morgan fingerprint density at radius 3 is 2.61 bits per heavy atom. The Labute approximate surface area is 103 Å². The van der Waals surface area contributed by atoms with Crippen molar-refractivity contribution in [3.8, 4) is 11.6 Å². The summed E-state index contributed by atoms with van der Waals surface area (Å²) in [4.78, 5) is 3.65. The lowest BCUT2D eigenvalue weighted by molar-refractivity contribution is -0.0529. The first kappa shape index (κ1) is 12.3. The Bertz CT molecular complexity index is 491. The molecule has 2 rings (SSSR count). The number of nitrogens with zero attached hydrogens (tertiary/aromatic N) is 1. The van der Waals surface area contributed by atoms with Gasteiger partial charge in [0.25, 0.3) is 0 Å². The standard InChI is InChI=1S/C13H11F2NO2/c14-13(15)18-12-8-11(6-7-16-12)17-9-10-4-2-1-3-5-10/h1-8,13H,9H2. The molecule has 1 heterocycles. The van der Waals surface area contributed by atoms with E-state index in [2.05, 4.69) is 9.72 Å². The summed E-state index contributed by atoms with van der Waals surface area (Å²) in [7, 11) is 0. The van der Waals surface area contributed by atoms with E-state index < -0.39 is 6.61 Å². The highest BCUT2D eigenvalue weighted by molar-refractivity contribution is 5.26. The highest BCUT2D eigenvalue weighted by atomic mass is 19.3.